The molecule has 2 unspecified atom stereocenters. The fraction of sp³-hybridized carbons (Fsp3) is 0.500. The molecule has 2 saturated heterocycles. The van der Waals surface area contributed by atoms with Crippen molar-refractivity contribution >= 4 is 41.9 Å². The number of sulfonamides is 1. The fourth-order valence-electron chi connectivity index (χ4n) is 2.82. The Morgan fingerprint density at radius 2 is 1.79 bits per heavy atom. The second kappa shape index (κ2) is 5.11. The van der Waals surface area contributed by atoms with Crippen LogP contribution in [0.25, 0.3) is 0 Å². The number of hydrogen-bond donors (Lipinski definition) is 1. The Morgan fingerprint density at radius 3 is 2.42 bits per heavy atom. The maximum atomic E-state index is 12.7. The summed E-state index contributed by atoms with van der Waals surface area (Å²) in [6.45, 7) is 3.10. The van der Waals surface area contributed by atoms with Gasteiger partial charge in [0.2, 0.25) is 10.0 Å². The third-order valence-electron chi connectivity index (χ3n) is 3.87. The lowest BCUT2D eigenvalue weighted by Crippen LogP contribution is -2.32. The highest BCUT2D eigenvalue weighted by molar-refractivity contribution is 9.11. The predicted octanol–water partition coefficient (Wildman–Crippen LogP) is 2.05. The monoisotopic (exact) mass is 408 g/mol. The van der Waals surface area contributed by atoms with Gasteiger partial charge in [0, 0.05) is 22.0 Å². The smallest absolute Gasteiger partial charge is 0.244 e. The van der Waals surface area contributed by atoms with Crippen molar-refractivity contribution < 1.29 is 8.42 Å². The second-order valence-electron chi connectivity index (χ2n) is 5.08. The van der Waals surface area contributed by atoms with Crippen LogP contribution >= 0.6 is 31.9 Å². The largest absolute Gasteiger partial charge is 0.316 e. The zero-order valence-electron chi connectivity index (χ0n) is 10.1. The van der Waals surface area contributed by atoms with Crippen molar-refractivity contribution in [1.82, 2.24) is 9.62 Å². The summed E-state index contributed by atoms with van der Waals surface area (Å²) in [5, 5.41) is 3.32. The van der Waals surface area contributed by atoms with Crippen LogP contribution in [0.5, 0.6) is 0 Å². The molecule has 0 aliphatic carbocycles. The van der Waals surface area contributed by atoms with Crippen molar-refractivity contribution in [2.45, 2.75) is 4.90 Å². The molecule has 1 aromatic rings. The fourth-order valence-corrected chi connectivity index (χ4v) is 5.84. The van der Waals surface area contributed by atoms with Crippen LogP contribution in [0.3, 0.4) is 0 Å². The van der Waals surface area contributed by atoms with E-state index < -0.39 is 10.0 Å². The molecule has 1 N–H and O–H groups in total. The Kier molecular flexibility index (Phi) is 3.77. The minimum absolute atomic E-state index is 0.342. The Morgan fingerprint density at radius 1 is 1.16 bits per heavy atom. The van der Waals surface area contributed by atoms with Crippen molar-refractivity contribution in [2.24, 2.45) is 11.8 Å². The normalized spacial score (nSPS) is 27.7. The summed E-state index contributed by atoms with van der Waals surface area (Å²) in [4.78, 5) is 0.342. The molecule has 2 fully saturated rings. The van der Waals surface area contributed by atoms with Gasteiger partial charge in [0.05, 0.1) is 4.90 Å². The Balaban J connectivity index is 1.93. The maximum Gasteiger partial charge on any atom is 0.244 e. The number of nitrogens with zero attached hydrogens (tertiary/aromatic N) is 1. The quantitative estimate of drug-likeness (QED) is 0.813. The second-order valence-corrected chi connectivity index (χ2v) is 8.75. The molecule has 2 aliphatic heterocycles. The molecule has 0 radical (unpaired) electrons. The third-order valence-corrected chi connectivity index (χ3v) is 7.19. The van der Waals surface area contributed by atoms with Crippen LogP contribution in [0.15, 0.2) is 32.0 Å². The third kappa shape index (κ3) is 2.51. The maximum absolute atomic E-state index is 12.7. The average Bonchev–Trinajstić information content (AvgIpc) is 2.92. The van der Waals surface area contributed by atoms with Crippen LogP contribution in [-0.2, 0) is 10.0 Å². The van der Waals surface area contributed by atoms with Gasteiger partial charge < -0.3 is 5.32 Å². The molecule has 19 heavy (non-hydrogen) atoms. The van der Waals surface area contributed by atoms with Crippen molar-refractivity contribution in [3.05, 3.63) is 27.1 Å². The number of halogens is 2. The van der Waals surface area contributed by atoms with E-state index >= 15 is 0 Å². The van der Waals surface area contributed by atoms with Gasteiger partial charge in [-0.1, -0.05) is 15.9 Å². The van der Waals surface area contributed by atoms with Gasteiger partial charge in [-0.25, -0.2) is 8.42 Å². The SMILES string of the molecule is O=S(=O)(c1cc(Br)ccc1Br)N1CC2CNCC2C1. The number of hydrogen-bond acceptors (Lipinski definition) is 3. The molecule has 2 heterocycles. The van der Waals surface area contributed by atoms with Crippen LogP contribution < -0.4 is 5.32 Å². The van der Waals surface area contributed by atoms with E-state index in [1.165, 1.54) is 0 Å². The predicted molar refractivity (Wildman–Crippen MR) is 80.5 cm³/mol. The van der Waals surface area contributed by atoms with Gasteiger partial charge >= 0.3 is 0 Å². The summed E-state index contributed by atoms with van der Waals surface area (Å²) in [7, 11) is -3.41. The lowest BCUT2D eigenvalue weighted by Gasteiger charge is -2.18. The highest BCUT2D eigenvalue weighted by atomic mass is 79.9. The van der Waals surface area contributed by atoms with Gasteiger partial charge in [0.25, 0.3) is 0 Å². The van der Waals surface area contributed by atoms with E-state index in [9.17, 15) is 8.42 Å². The minimum Gasteiger partial charge on any atom is -0.316 e. The van der Waals surface area contributed by atoms with Gasteiger partial charge in [-0.05, 0) is 59.1 Å². The Bertz CT molecular complexity index is 594. The number of benzene rings is 1. The Labute approximate surface area is 129 Å². The zero-order chi connectivity index (χ0) is 13.6. The van der Waals surface area contributed by atoms with Crippen LogP contribution in [0, 0.1) is 11.8 Å². The van der Waals surface area contributed by atoms with E-state index in [1.807, 2.05) is 6.07 Å². The van der Waals surface area contributed by atoms with Crippen LogP contribution in [0.2, 0.25) is 0 Å². The van der Waals surface area contributed by atoms with E-state index in [0.29, 0.717) is 34.3 Å². The molecular formula is C12H14Br2N2O2S. The van der Waals surface area contributed by atoms with Crippen molar-refractivity contribution in [1.29, 1.82) is 0 Å². The summed E-state index contributed by atoms with van der Waals surface area (Å²) in [5.41, 5.74) is 0. The first-order chi connectivity index (χ1) is 8.98. The van der Waals surface area contributed by atoms with Gasteiger partial charge in [0.15, 0.2) is 0 Å². The summed E-state index contributed by atoms with van der Waals surface area (Å²) in [6.07, 6.45) is 0. The molecule has 1 aromatic carbocycles. The number of fused-ring (bicyclic) bond motifs is 1. The van der Waals surface area contributed by atoms with Gasteiger partial charge in [-0.2, -0.15) is 4.31 Å². The zero-order valence-corrected chi connectivity index (χ0v) is 14.1. The van der Waals surface area contributed by atoms with E-state index in [2.05, 4.69) is 37.2 Å². The summed E-state index contributed by atoms with van der Waals surface area (Å²) < 4.78 is 28.4. The van der Waals surface area contributed by atoms with Crippen LogP contribution in [-0.4, -0.2) is 38.9 Å². The molecule has 4 nitrogen and oxygen atoms in total. The van der Waals surface area contributed by atoms with Gasteiger partial charge in [0.1, 0.15) is 0 Å². The molecule has 0 saturated carbocycles. The number of rotatable bonds is 2. The Hall–Kier alpha value is 0.0500. The highest BCUT2D eigenvalue weighted by Crippen LogP contribution is 2.34. The first kappa shape index (κ1) is 14.0. The molecule has 104 valence electrons. The summed E-state index contributed by atoms with van der Waals surface area (Å²) in [6, 6.07) is 5.24. The van der Waals surface area contributed by atoms with Crippen molar-refractivity contribution in [2.75, 3.05) is 26.2 Å². The lowest BCUT2D eigenvalue weighted by atomic mass is 10.0. The first-order valence-corrected chi connectivity index (χ1v) is 9.17. The van der Waals surface area contributed by atoms with Crippen LogP contribution in [0.1, 0.15) is 0 Å². The van der Waals surface area contributed by atoms with E-state index in [1.54, 1.807) is 16.4 Å². The van der Waals surface area contributed by atoms with Gasteiger partial charge in [-0.3, -0.25) is 0 Å². The highest BCUT2D eigenvalue weighted by Gasteiger charge is 2.41. The van der Waals surface area contributed by atoms with E-state index in [0.717, 1.165) is 17.6 Å². The molecule has 2 atom stereocenters. The molecule has 0 spiro atoms. The van der Waals surface area contributed by atoms with Crippen LogP contribution in [0.4, 0.5) is 0 Å². The molecule has 0 aromatic heterocycles. The topological polar surface area (TPSA) is 49.4 Å². The number of nitrogens with one attached hydrogen (secondary N) is 1. The molecule has 3 rings (SSSR count). The molecule has 2 aliphatic rings. The minimum atomic E-state index is -3.41. The lowest BCUT2D eigenvalue weighted by molar-refractivity contribution is 0.447. The molecular weight excluding hydrogens is 396 g/mol. The van der Waals surface area contributed by atoms with Crippen molar-refractivity contribution in [3.8, 4) is 0 Å². The van der Waals surface area contributed by atoms with E-state index in [4.69, 9.17) is 0 Å². The molecule has 0 amide bonds. The molecule has 7 heteroatoms. The standard InChI is InChI=1S/C12H14Br2N2O2S/c13-10-1-2-11(14)12(3-10)19(17,18)16-6-8-4-15-5-9(8)7-16/h1-3,8-9,15H,4-7H2. The average molecular weight is 410 g/mol. The van der Waals surface area contributed by atoms with Gasteiger partial charge in [-0.15, -0.1) is 0 Å². The first-order valence-electron chi connectivity index (χ1n) is 6.14. The summed E-state index contributed by atoms with van der Waals surface area (Å²) >= 11 is 6.67. The molecule has 0 bridgehead atoms. The van der Waals surface area contributed by atoms with E-state index in [-0.39, 0.29) is 0 Å². The summed E-state index contributed by atoms with van der Waals surface area (Å²) in [5.74, 6) is 0.918. The van der Waals surface area contributed by atoms with Crippen molar-refractivity contribution in [3.63, 3.8) is 0 Å².